The number of sulfonamides is 1. The number of aromatic nitrogens is 1. The van der Waals surface area contributed by atoms with Crippen LogP contribution in [0, 0.1) is 5.82 Å². The van der Waals surface area contributed by atoms with E-state index in [0.717, 1.165) is 6.07 Å². The molecule has 18 heavy (non-hydrogen) atoms. The second-order valence-electron chi connectivity index (χ2n) is 3.80. The minimum absolute atomic E-state index is 0.198. The van der Waals surface area contributed by atoms with Crippen molar-refractivity contribution in [1.82, 2.24) is 9.29 Å². The Labute approximate surface area is 113 Å². The fraction of sp³-hybridized carbons (Fsp3) is 0.500. The van der Waals surface area contributed by atoms with Gasteiger partial charge in [-0.25, -0.2) is 17.8 Å². The van der Waals surface area contributed by atoms with Gasteiger partial charge in [0.15, 0.2) is 5.82 Å². The second-order valence-corrected chi connectivity index (χ2v) is 6.30. The Morgan fingerprint density at radius 2 is 2.39 bits per heavy atom. The third-order valence-electron chi connectivity index (χ3n) is 2.58. The normalized spacial score (nSPS) is 22.0. The van der Waals surface area contributed by atoms with Crippen LogP contribution in [-0.4, -0.2) is 48.8 Å². The van der Waals surface area contributed by atoms with E-state index in [0.29, 0.717) is 11.9 Å². The van der Waals surface area contributed by atoms with Crippen molar-refractivity contribution in [1.29, 1.82) is 0 Å². The van der Waals surface area contributed by atoms with E-state index in [1.54, 1.807) is 0 Å². The van der Waals surface area contributed by atoms with E-state index in [2.05, 4.69) is 20.9 Å². The molecule has 0 aliphatic carbocycles. The fourth-order valence-corrected chi connectivity index (χ4v) is 3.51. The van der Waals surface area contributed by atoms with Crippen LogP contribution in [0.3, 0.4) is 0 Å². The van der Waals surface area contributed by atoms with E-state index in [9.17, 15) is 12.8 Å². The third-order valence-corrected chi connectivity index (χ3v) is 5.11. The quantitative estimate of drug-likeness (QED) is 0.771. The first-order valence-corrected chi connectivity index (χ1v) is 7.90. The van der Waals surface area contributed by atoms with Crippen molar-refractivity contribution in [3.8, 4) is 0 Å². The lowest BCUT2D eigenvalue weighted by atomic mass is 10.3. The molecular weight excluding hydrogens is 327 g/mol. The number of hydrogen-bond donors (Lipinski definition) is 0. The molecule has 1 aliphatic heterocycles. The average molecular weight is 339 g/mol. The van der Waals surface area contributed by atoms with Gasteiger partial charge in [-0.2, -0.15) is 4.31 Å². The van der Waals surface area contributed by atoms with E-state index >= 15 is 0 Å². The summed E-state index contributed by atoms with van der Waals surface area (Å²) in [7, 11) is -3.89. The summed E-state index contributed by atoms with van der Waals surface area (Å²) < 4.78 is 44.5. The van der Waals surface area contributed by atoms with Gasteiger partial charge in [-0.1, -0.05) is 15.9 Å². The predicted molar refractivity (Wildman–Crippen MR) is 66.5 cm³/mol. The Hall–Kier alpha value is -0.570. The molecule has 8 heteroatoms. The lowest BCUT2D eigenvalue weighted by Crippen LogP contribution is -2.46. The Morgan fingerprint density at radius 3 is 3.06 bits per heavy atom. The van der Waals surface area contributed by atoms with E-state index in [-0.39, 0.29) is 19.2 Å². The summed E-state index contributed by atoms with van der Waals surface area (Å²) in [5.41, 5.74) is 0. The van der Waals surface area contributed by atoms with Crippen molar-refractivity contribution in [3.63, 3.8) is 0 Å². The van der Waals surface area contributed by atoms with Crippen molar-refractivity contribution in [3.05, 3.63) is 24.1 Å². The van der Waals surface area contributed by atoms with Crippen molar-refractivity contribution >= 4 is 26.0 Å². The number of hydrogen-bond acceptors (Lipinski definition) is 4. The zero-order valence-corrected chi connectivity index (χ0v) is 11.8. The molecule has 0 amide bonds. The molecule has 2 rings (SSSR count). The molecule has 1 aliphatic rings. The van der Waals surface area contributed by atoms with Crippen LogP contribution < -0.4 is 0 Å². The molecule has 100 valence electrons. The molecule has 2 heterocycles. The summed E-state index contributed by atoms with van der Waals surface area (Å²) >= 11 is 3.24. The van der Waals surface area contributed by atoms with Crippen LogP contribution in [0.5, 0.6) is 0 Å². The molecule has 1 aromatic heterocycles. The smallest absolute Gasteiger partial charge is 0.263 e. The molecular formula is C10H12BrFN2O3S. The summed E-state index contributed by atoms with van der Waals surface area (Å²) in [6, 6.07) is 2.44. The van der Waals surface area contributed by atoms with Gasteiger partial charge >= 0.3 is 0 Å². The first-order chi connectivity index (χ1) is 8.55. The third kappa shape index (κ3) is 2.71. The monoisotopic (exact) mass is 338 g/mol. The van der Waals surface area contributed by atoms with Gasteiger partial charge < -0.3 is 4.74 Å². The van der Waals surface area contributed by atoms with Crippen LogP contribution >= 0.6 is 15.9 Å². The van der Waals surface area contributed by atoms with Crippen molar-refractivity contribution in [2.45, 2.75) is 11.1 Å². The van der Waals surface area contributed by atoms with Gasteiger partial charge in [0.25, 0.3) is 10.0 Å². The second kappa shape index (κ2) is 5.60. The molecule has 0 saturated carbocycles. The first kappa shape index (κ1) is 13.9. The highest BCUT2D eigenvalue weighted by molar-refractivity contribution is 9.09. The predicted octanol–water partition coefficient (Wildman–Crippen LogP) is 1.01. The summed E-state index contributed by atoms with van der Waals surface area (Å²) in [5, 5.41) is 0.00390. The average Bonchev–Trinajstić information content (AvgIpc) is 2.39. The molecule has 0 radical (unpaired) electrons. The highest BCUT2D eigenvalue weighted by atomic mass is 79.9. The van der Waals surface area contributed by atoms with E-state index in [1.807, 2.05) is 0 Å². The molecule has 0 spiro atoms. The van der Waals surface area contributed by atoms with E-state index < -0.39 is 20.9 Å². The Balaban J connectivity index is 2.29. The Morgan fingerprint density at radius 1 is 1.61 bits per heavy atom. The molecule has 0 aromatic carbocycles. The Bertz CT molecular complexity index is 526. The molecule has 1 unspecified atom stereocenters. The number of alkyl halides is 1. The highest BCUT2D eigenvalue weighted by Gasteiger charge is 2.33. The van der Waals surface area contributed by atoms with Gasteiger partial charge in [-0.05, 0) is 12.1 Å². The molecule has 5 nitrogen and oxygen atoms in total. The van der Waals surface area contributed by atoms with Crippen LogP contribution in [0.15, 0.2) is 23.4 Å². The van der Waals surface area contributed by atoms with Crippen molar-refractivity contribution in [2.24, 2.45) is 0 Å². The minimum atomic E-state index is -3.89. The van der Waals surface area contributed by atoms with Crippen LogP contribution in [0.25, 0.3) is 0 Å². The summed E-state index contributed by atoms with van der Waals surface area (Å²) in [6.45, 7) is 0.704. The maximum absolute atomic E-state index is 13.5. The number of pyridine rings is 1. The lowest BCUT2D eigenvalue weighted by molar-refractivity contribution is 0.0135. The number of nitrogens with zero attached hydrogens (tertiary/aromatic N) is 2. The molecule has 1 atom stereocenters. The highest BCUT2D eigenvalue weighted by Crippen LogP contribution is 2.19. The largest absolute Gasteiger partial charge is 0.375 e. The van der Waals surface area contributed by atoms with Crippen LogP contribution in [0.4, 0.5) is 4.39 Å². The molecule has 0 bridgehead atoms. The van der Waals surface area contributed by atoms with Gasteiger partial charge in [0.05, 0.1) is 12.7 Å². The van der Waals surface area contributed by atoms with Gasteiger partial charge in [-0.3, -0.25) is 0 Å². The maximum Gasteiger partial charge on any atom is 0.263 e. The number of morpholine rings is 1. The summed E-state index contributed by atoms with van der Waals surface area (Å²) in [4.78, 5) is 3.62. The van der Waals surface area contributed by atoms with Crippen LogP contribution in [-0.2, 0) is 14.8 Å². The topological polar surface area (TPSA) is 59.5 Å². The molecule has 0 N–H and O–H groups in total. The van der Waals surface area contributed by atoms with Crippen molar-refractivity contribution in [2.75, 3.05) is 25.0 Å². The van der Waals surface area contributed by atoms with E-state index in [1.165, 1.54) is 16.6 Å². The lowest BCUT2D eigenvalue weighted by Gasteiger charge is -2.30. The summed E-state index contributed by atoms with van der Waals surface area (Å²) in [5.74, 6) is -0.834. The fourth-order valence-electron chi connectivity index (χ4n) is 1.69. The number of halogens is 2. The summed E-state index contributed by atoms with van der Waals surface area (Å²) in [6.07, 6.45) is 1.04. The van der Waals surface area contributed by atoms with Gasteiger partial charge in [0.1, 0.15) is 0 Å². The standard InChI is InChI=1S/C10H12BrFN2O3S/c11-6-8-7-14(4-5-17-8)18(15,16)10-9(12)2-1-3-13-10/h1-3,8H,4-7H2. The first-order valence-electron chi connectivity index (χ1n) is 5.34. The van der Waals surface area contributed by atoms with E-state index in [4.69, 9.17) is 4.74 Å². The van der Waals surface area contributed by atoms with Crippen molar-refractivity contribution < 1.29 is 17.5 Å². The van der Waals surface area contributed by atoms with Gasteiger partial charge in [0.2, 0.25) is 5.03 Å². The Kier molecular flexibility index (Phi) is 4.31. The molecule has 1 fully saturated rings. The number of ether oxygens (including phenoxy) is 1. The van der Waals surface area contributed by atoms with Crippen LogP contribution in [0.2, 0.25) is 0 Å². The van der Waals surface area contributed by atoms with Crippen LogP contribution in [0.1, 0.15) is 0 Å². The maximum atomic E-state index is 13.5. The minimum Gasteiger partial charge on any atom is -0.375 e. The van der Waals surface area contributed by atoms with Gasteiger partial charge in [-0.15, -0.1) is 0 Å². The SMILES string of the molecule is O=S(=O)(c1ncccc1F)N1CCOC(CBr)C1. The zero-order chi connectivity index (χ0) is 13.2. The molecule has 1 aromatic rings. The number of rotatable bonds is 3. The van der Waals surface area contributed by atoms with Gasteiger partial charge in [0, 0.05) is 24.6 Å². The zero-order valence-electron chi connectivity index (χ0n) is 9.42. The molecule has 1 saturated heterocycles.